The summed E-state index contributed by atoms with van der Waals surface area (Å²) in [6.45, 7) is -0.469. The topological polar surface area (TPSA) is 196 Å². The summed E-state index contributed by atoms with van der Waals surface area (Å²) in [4.78, 5) is 49.8. The van der Waals surface area contributed by atoms with Gasteiger partial charge in [-0.05, 0) is 24.3 Å². The number of nitrogens with two attached hydrogens (primary N) is 2. The van der Waals surface area contributed by atoms with Crippen molar-refractivity contribution in [3.63, 3.8) is 0 Å². The summed E-state index contributed by atoms with van der Waals surface area (Å²) in [5.41, 5.74) is 11.1. The zero-order valence-electron chi connectivity index (χ0n) is 19.3. The molecule has 0 bridgehead atoms. The van der Waals surface area contributed by atoms with Gasteiger partial charge >= 0.3 is 5.97 Å². The normalized spacial score (nSPS) is 29.2. The quantitative estimate of drug-likeness (QED) is 0.179. The Kier molecular flexibility index (Phi) is 4.81. The highest BCUT2D eigenvalue weighted by Gasteiger charge is 2.74. The first kappa shape index (κ1) is 22.9. The standard InChI is InChI=1S/C24H23N7O6/c25-21-28-17-15(10-30-18(32)13-8-4-5-9-14(13)19(30)33)27-22(26)31-11-16(24(35,36)23(17,31)29-21)37-20(34)12-6-2-1-3-7-12/h1-9,15-17,35-36H,10-11H2,(H2,26,27)(H3,25,28,29)/t15-,16-,17?,23?/m0/s1. The number of imide groups is 1. The van der Waals surface area contributed by atoms with Crippen LogP contribution in [-0.2, 0) is 4.74 Å². The zero-order valence-corrected chi connectivity index (χ0v) is 19.3. The molecule has 4 aliphatic rings. The lowest BCUT2D eigenvalue weighted by Gasteiger charge is -2.48. The highest BCUT2D eigenvalue weighted by atomic mass is 16.6. The van der Waals surface area contributed by atoms with E-state index in [4.69, 9.17) is 16.2 Å². The number of amides is 2. The lowest BCUT2D eigenvalue weighted by atomic mass is 9.85. The van der Waals surface area contributed by atoms with Crippen LogP contribution in [0.5, 0.6) is 0 Å². The highest BCUT2D eigenvalue weighted by molar-refractivity contribution is 6.21. The molecule has 4 atom stereocenters. The van der Waals surface area contributed by atoms with Crippen molar-refractivity contribution in [2.24, 2.45) is 21.5 Å². The largest absolute Gasteiger partial charge is 0.451 e. The predicted octanol–water partition coefficient (Wildman–Crippen LogP) is -1.82. The zero-order chi connectivity index (χ0) is 26.1. The fourth-order valence-corrected chi connectivity index (χ4v) is 5.54. The number of aliphatic imine (C=N–C) groups is 2. The Morgan fingerprint density at radius 1 is 1.03 bits per heavy atom. The molecule has 1 saturated heterocycles. The number of benzene rings is 2. The molecule has 2 aromatic rings. The number of nitrogens with one attached hydrogen (secondary N) is 1. The molecule has 0 aliphatic carbocycles. The third-order valence-electron chi connectivity index (χ3n) is 7.25. The van der Waals surface area contributed by atoms with Crippen molar-refractivity contribution in [2.75, 3.05) is 13.1 Å². The maximum Gasteiger partial charge on any atom is 0.338 e. The van der Waals surface area contributed by atoms with E-state index in [9.17, 15) is 24.6 Å². The number of aliphatic hydroxyl groups is 2. The maximum atomic E-state index is 13.0. The molecule has 1 spiro atoms. The minimum Gasteiger partial charge on any atom is -0.451 e. The van der Waals surface area contributed by atoms with Crippen molar-refractivity contribution in [1.29, 1.82) is 0 Å². The molecule has 4 heterocycles. The molecule has 2 amide bonds. The van der Waals surface area contributed by atoms with Crippen molar-refractivity contribution < 1.29 is 29.3 Å². The monoisotopic (exact) mass is 505 g/mol. The minimum atomic E-state index is -2.74. The van der Waals surface area contributed by atoms with Gasteiger partial charge in [0.1, 0.15) is 6.04 Å². The number of carbonyl (C=O) groups is 3. The Morgan fingerprint density at radius 3 is 2.30 bits per heavy atom. The van der Waals surface area contributed by atoms with Crippen LogP contribution in [-0.4, -0.2) is 92.4 Å². The Hall–Kier alpha value is -4.49. The van der Waals surface area contributed by atoms with Gasteiger partial charge in [0.05, 0.1) is 35.8 Å². The molecule has 13 heteroatoms. The Morgan fingerprint density at radius 2 is 1.65 bits per heavy atom. The van der Waals surface area contributed by atoms with Gasteiger partial charge in [0.2, 0.25) is 5.79 Å². The Labute approximate surface area is 210 Å². The number of hydrogen-bond donors (Lipinski definition) is 5. The molecule has 7 N–H and O–H groups in total. The van der Waals surface area contributed by atoms with Crippen LogP contribution in [0, 0.1) is 0 Å². The first-order chi connectivity index (χ1) is 17.6. The smallest absolute Gasteiger partial charge is 0.338 e. The Bertz CT molecular complexity index is 1360. The van der Waals surface area contributed by atoms with E-state index in [1.807, 2.05) is 0 Å². The van der Waals surface area contributed by atoms with Crippen LogP contribution >= 0.6 is 0 Å². The first-order valence-corrected chi connectivity index (χ1v) is 11.5. The van der Waals surface area contributed by atoms with Gasteiger partial charge in [0.25, 0.3) is 11.8 Å². The van der Waals surface area contributed by atoms with E-state index in [0.717, 1.165) is 4.90 Å². The van der Waals surface area contributed by atoms with Crippen LogP contribution in [0.2, 0.25) is 0 Å². The van der Waals surface area contributed by atoms with Crippen LogP contribution in [0.4, 0.5) is 0 Å². The Balaban J connectivity index is 1.33. The van der Waals surface area contributed by atoms with E-state index < -0.39 is 47.4 Å². The molecule has 0 aromatic heterocycles. The van der Waals surface area contributed by atoms with Crippen molar-refractivity contribution in [3.05, 3.63) is 71.3 Å². The number of fused-ring (bicyclic) bond motifs is 1. The van der Waals surface area contributed by atoms with Gasteiger partial charge in [-0.1, -0.05) is 30.3 Å². The third-order valence-corrected chi connectivity index (χ3v) is 7.25. The van der Waals surface area contributed by atoms with Crippen LogP contribution in [0.25, 0.3) is 0 Å². The van der Waals surface area contributed by atoms with Gasteiger partial charge in [-0.15, -0.1) is 0 Å². The number of hydrogen-bond acceptors (Lipinski definition) is 12. The minimum absolute atomic E-state index is 0.124. The number of ether oxygens (including phenoxy) is 1. The van der Waals surface area contributed by atoms with Gasteiger partial charge in [0, 0.05) is 0 Å². The van der Waals surface area contributed by atoms with E-state index in [-0.39, 0.29) is 41.7 Å². The molecule has 6 rings (SSSR count). The van der Waals surface area contributed by atoms with Crippen molar-refractivity contribution in [1.82, 2.24) is 15.1 Å². The molecule has 0 radical (unpaired) electrons. The summed E-state index contributed by atoms with van der Waals surface area (Å²) >= 11 is 0. The van der Waals surface area contributed by atoms with E-state index >= 15 is 0 Å². The van der Waals surface area contributed by atoms with Crippen molar-refractivity contribution in [2.45, 2.75) is 29.6 Å². The first-order valence-electron chi connectivity index (χ1n) is 11.5. The number of carbonyl (C=O) groups excluding carboxylic acids is 3. The van der Waals surface area contributed by atoms with Crippen LogP contribution in [0.1, 0.15) is 31.1 Å². The molecule has 1 fully saturated rings. The lowest BCUT2D eigenvalue weighted by Crippen LogP contribution is -2.77. The van der Waals surface area contributed by atoms with Gasteiger partial charge in [-0.3, -0.25) is 14.5 Å². The SMILES string of the molecule is NC1=NC2[C@H](CN3C(=O)c4ccccc4C3=O)N=C(N)N3C[C@H](OC(=O)c4ccccc4)C(O)(O)C23N1. The summed E-state index contributed by atoms with van der Waals surface area (Å²) in [7, 11) is 0. The second kappa shape index (κ2) is 7.75. The molecule has 2 aromatic carbocycles. The summed E-state index contributed by atoms with van der Waals surface area (Å²) in [6, 6.07) is 12.4. The van der Waals surface area contributed by atoms with Gasteiger partial charge in [-0.25, -0.2) is 14.8 Å². The van der Waals surface area contributed by atoms with Crippen molar-refractivity contribution in [3.8, 4) is 0 Å². The third kappa shape index (κ3) is 3.07. The van der Waals surface area contributed by atoms with Gasteiger partial charge in [-0.2, -0.15) is 0 Å². The lowest BCUT2D eigenvalue weighted by molar-refractivity contribution is -0.256. The molecular formula is C24H23N7O6. The van der Waals surface area contributed by atoms with E-state index in [0.29, 0.717) is 0 Å². The van der Waals surface area contributed by atoms with Crippen LogP contribution < -0.4 is 16.8 Å². The molecule has 190 valence electrons. The summed E-state index contributed by atoms with van der Waals surface area (Å²) in [6.07, 6.45) is -1.47. The molecule has 13 nitrogen and oxygen atoms in total. The van der Waals surface area contributed by atoms with Crippen LogP contribution in [0.15, 0.2) is 64.6 Å². The highest BCUT2D eigenvalue weighted by Crippen LogP contribution is 2.46. The second-order valence-corrected chi connectivity index (χ2v) is 9.27. The number of esters is 1. The molecule has 0 saturated carbocycles. The molecular weight excluding hydrogens is 482 g/mol. The number of rotatable bonds is 4. The van der Waals surface area contributed by atoms with E-state index in [2.05, 4.69) is 15.3 Å². The van der Waals surface area contributed by atoms with Crippen LogP contribution in [0.3, 0.4) is 0 Å². The molecule has 2 unspecified atom stereocenters. The van der Waals surface area contributed by atoms with Gasteiger partial charge < -0.3 is 36.6 Å². The fourth-order valence-electron chi connectivity index (χ4n) is 5.54. The molecule has 4 aliphatic heterocycles. The van der Waals surface area contributed by atoms with Crippen molar-refractivity contribution >= 4 is 29.7 Å². The summed E-state index contributed by atoms with van der Waals surface area (Å²) in [5, 5.41) is 25.7. The summed E-state index contributed by atoms with van der Waals surface area (Å²) < 4.78 is 5.49. The average molecular weight is 505 g/mol. The van der Waals surface area contributed by atoms with E-state index in [1.54, 1.807) is 42.5 Å². The predicted molar refractivity (Wildman–Crippen MR) is 128 cm³/mol. The number of nitrogens with zero attached hydrogens (tertiary/aromatic N) is 4. The second-order valence-electron chi connectivity index (χ2n) is 9.27. The molecule has 37 heavy (non-hydrogen) atoms. The van der Waals surface area contributed by atoms with E-state index in [1.165, 1.54) is 17.0 Å². The average Bonchev–Trinajstić information content (AvgIpc) is 3.44. The number of guanidine groups is 2. The van der Waals surface area contributed by atoms with Gasteiger partial charge in [0.15, 0.2) is 23.7 Å². The maximum absolute atomic E-state index is 13.0. The fraction of sp³-hybridized carbons (Fsp3) is 0.292. The summed E-state index contributed by atoms with van der Waals surface area (Å²) in [5.74, 6) is -4.78.